The van der Waals surface area contributed by atoms with Crippen molar-refractivity contribution in [3.63, 3.8) is 0 Å². The molecule has 0 radical (unpaired) electrons. The number of rotatable bonds is 5. The lowest BCUT2D eigenvalue weighted by atomic mass is 9.95. The van der Waals surface area contributed by atoms with Crippen molar-refractivity contribution in [1.29, 1.82) is 0 Å². The molecule has 172 valence electrons. The zero-order valence-electron chi connectivity index (χ0n) is 17.2. The summed E-state index contributed by atoms with van der Waals surface area (Å²) in [5, 5.41) is 10.2. The molecule has 4 rings (SSSR count). The van der Waals surface area contributed by atoms with Crippen LogP contribution in [-0.2, 0) is 16.2 Å². The molecule has 0 bridgehead atoms. The number of hydrogen-bond donors (Lipinski definition) is 3. The van der Waals surface area contributed by atoms with E-state index < -0.39 is 27.8 Å². The molecule has 33 heavy (non-hydrogen) atoms. The van der Waals surface area contributed by atoms with Crippen LogP contribution in [0.3, 0.4) is 0 Å². The molecule has 10 heteroatoms. The van der Waals surface area contributed by atoms with Crippen LogP contribution in [0.25, 0.3) is 11.1 Å². The highest BCUT2D eigenvalue weighted by Crippen LogP contribution is 2.45. The highest BCUT2D eigenvalue weighted by atomic mass is 32.2. The number of benzene rings is 3. The molecule has 1 aliphatic carbocycles. The fourth-order valence-electron chi connectivity index (χ4n) is 3.59. The highest BCUT2D eigenvalue weighted by molar-refractivity contribution is 7.89. The minimum Gasteiger partial charge on any atom is -0.308 e. The average Bonchev–Trinajstić information content (AvgIpc) is 3.58. The smallest absolute Gasteiger partial charge is 0.308 e. The first-order valence-corrected chi connectivity index (χ1v) is 11.6. The molecule has 4 N–H and O–H groups in total. The van der Waals surface area contributed by atoms with Crippen LogP contribution >= 0.6 is 0 Å². The zero-order chi connectivity index (χ0) is 23.8. The molecule has 0 aromatic heterocycles. The summed E-state index contributed by atoms with van der Waals surface area (Å²) in [4.78, 5) is 12.4. The highest BCUT2D eigenvalue weighted by Gasteiger charge is 2.30. The maximum absolute atomic E-state index is 13.0. The lowest BCUT2D eigenvalue weighted by molar-refractivity contribution is -0.137. The first kappa shape index (κ1) is 22.8. The number of urea groups is 1. The van der Waals surface area contributed by atoms with Crippen molar-refractivity contribution in [1.82, 2.24) is 0 Å². The van der Waals surface area contributed by atoms with Crippen LogP contribution < -0.4 is 15.8 Å². The molecule has 1 aliphatic rings. The summed E-state index contributed by atoms with van der Waals surface area (Å²) in [6.45, 7) is 0. The third-order valence-electron chi connectivity index (χ3n) is 5.28. The SMILES string of the molecule is NS(=O)(=O)c1ccc(-c2ccccc2C2CC2)c(NC(=O)Nc2cccc(C(F)(F)F)c2)c1. The molecular weight excluding hydrogens is 455 g/mol. The van der Waals surface area contributed by atoms with E-state index in [9.17, 15) is 26.4 Å². The van der Waals surface area contributed by atoms with Gasteiger partial charge in [0, 0.05) is 11.3 Å². The Morgan fingerprint density at radius 1 is 0.909 bits per heavy atom. The predicted octanol–water partition coefficient (Wildman–Crippen LogP) is 5.54. The van der Waals surface area contributed by atoms with Crippen molar-refractivity contribution in [3.05, 3.63) is 77.9 Å². The van der Waals surface area contributed by atoms with Crippen LogP contribution in [0.5, 0.6) is 0 Å². The number of nitrogens with two attached hydrogens (primary N) is 1. The summed E-state index contributed by atoms with van der Waals surface area (Å²) in [5.74, 6) is 0.380. The Morgan fingerprint density at radius 3 is 2.30 bits per heavy atom. The predicted molar refractivity (Wildman–Crippen MR) is 119 cm³/mol. The molecule has 2 amide bonds. The average molecular weight is 475 g/mol. The maximum atomic E-state index is 13.0. The van der Waals surface area contributed by atoms with Gasteiger partial charge in [-0.2, -0.15) is 13.2 Å². The molecule has 1 fully saturated rings. The van der Waals surface area contributed by atoms with Gasteiger partial charge in [0.2, 0.25) is 10.0 Å². The van der Waals surface area contributed by atoms with E-state index in [0.717, 1.165) is 36.1 Å². The number of anilines is 2. The normalized spacial score (nSPS) is 14.1. The summed E-state index contributed by atoms with van der Waals surface area (Å²) >= 11 is 0. The van der Waals surface area contributed by atoms with Crippen LogP contribution in [0.4, 0.5) is 29.3 Å². The number of nitrogens with one attached hydrogen (secondary N) is 2. The lowest BCUT2D eigenvalue weighted by Crippen LogP contribution is -2.21. The third-order valence-corrected chi connectivity index (χ3v) is 6.19. The molecule has 6 nitrogen and oxygen atoms in total. The van der Waals surface area contributed by atoms with Gasteiger partial charge in [-0.3, -0.25) is 0 Å². The number of halogens is 3. The van der Waals surface area contributed by atoms with Gasteiger partial charge in [0.15, 0.2) is 0 Å². The largest absolute Gasteiger partial charge is 0.416 e. The standard InChI is InChI=1S/C23H20F3N3O3S/c24-23(25,26)15-4-3-5-16(12-15)28-22(30)29-21-13-17(33(27,31)32)10-11-20(21)19-7-2-1-6-18(19)14-8-9-14/h1-7,10-14H,8-9H2,(H2,27,31,32)(H2,28,29,30). The van der Waals surface area contributed by atoms with Crippen molar-refractivity contribution in [2.75, 3.05) is 10.6 Å². The van der Waals surface area contributed by atoms with E-state index in [1.165, 1.54) is 24.3 Å². The van der Waals surface area contributed by atoms with Crippen molar-refractivity contribution in [2.24, 2.45) is 5.14 Å². The number of hydrogen-bond acceptors (Lipinski definition) is 3. The Morgan fingerprint density at radius 2 is 1.64 bits per heavy atom. The number of alkyl halides is 3. The van der Waals surface area contributed by atoms with E-state index in [2.05, 4.69) is 10.6 Å². The van der Waals surface area contributed by atoms with E-state index in [1.54, 1.807) is 6.07 Å². The zero-order valence-corrected chi connectivity index (χ0v) is 18.0. The Hall–Kier alpha value is -3.37. The van der Waals surface area contributed by atoms with E-state index >= 15 is 0 Å². The van der Waals surface area contributed by atoms with E-state index in [4.69, 9.17) is 5.14 Å². The second-order valence-electron chi connectivity index (χ2n) is 7.77. The van der Waals surface area contributed by atoms with Gasteiger partial charge in [0.05, 0.1) is 16.1 Å². The quantitative estimate of drug-likeness (QED) is 0.452. The van der Waals surface area contributed by atoms with Gasteiger partial charge in [0.1, 0.15) is 0 Å². The number of carbonyl (C=O) groups is 1. The molecule has 0 spiro atoms. The van der Waals surface area contributed by atoms with E-state index in [0.29, 0.717) is 11.5 Å². The Balaban J connectivity index is 1.68. The van der Waals surface area contributed by atoms with Gasteiger partial charge >= 0.3 is 12.2 Å². The monoisotopic (exact) mass is 475 g/mol. The van der Waals surface area contributed by atoms with Gasteiger partial charge in [0.25, 0.3) is 0 Å². The number of carbonyl (C=O) groups excluding carboxylic acids is 1. The minimum absolute atomic E-state index is 0.0649. The van der Waals surface area contributed by atoms with Crippen molar-refractivity contribution < 1.29 is 26.4 Å². The third kappa shape index (κ3) is 5.35. The topological polar surface area (TPSA) is 101 Å². The van der Waals surface area contributed by atoms with Crippen LogP contribution in [0.1, 0.15) is 29.9 Å². The maximum Gasteiger partial charge on any atom is 0.416 e. The molecule has 1 saturated carbocycles. The van der Waals surface area contributed by atoms with Crippen LogP contribution in [0.15, 0.2) is 71.6 Å². The second kappa shape index (κ2) is 8.53. The van der Waals surface area contributed by atoms with Crippen molar-refractivity contribution in [3.8, 4) is 11.1 Å². The van der Waals surface area contributed by atoms with Gasteiger partial charge in [-0.15, -0.1) is 0 Å². The molecule has 3 aromatic rings. The lowest BCUT2D eigenvalue weighted by Gasteiger charge is -2.16. The Bertz CT molecular complexity index is 1320. The summed E-state index contributed by atoms with van der Waals surface area (Å²) in [7, 11) is -4.05. The van der Waals surface area contributed by atoms with E-state index in [1.807, 2.05) is 24.3 Å². The van der Waals surface area contributed by atoms with E-state index in [-0.39, 0.29) is 16.3 Å². The summed E-state index contributed by atoms with van der Waals surface area (Å²) < 4.78 is 62.6. The fourth-order valence-corrected chi connectivity index (χ4v) is 4.13. The number of primary sulfonamides is 1. The molecule has 0 heterocycles. The summed E-state index contributed by atoms with van der Waals surface area (Å²) in [6.07, 6.45) is -2.49. The first-order chi connectivity index (χ1) is 15.5. The van der Waals surface area contributed by atoms with Crippen LogP contribution in [0, 0.1) is 0 Å². The fraction of sp³-hybridized carbons (Fsp3) is 0.174. The number of amides is 2. The van der Waals surface area contributed by atoms with Crippen molar-refractivity contribution in [2.45, 2.75) is 29.8 Å². The van der Waals surface area contributed by atoms with Crippen molar-refractivity contribution >= 4 is 27.4 Å². The molecular formula is C23H20F3N3O3S. The van der Waals surface area contributed by atoms with Crippen LogP contribution in [-0.4, -0.2) is 14.4 Å². The minimum atomic E-state index is -4.56. The molecule has 0 unspecified atom stereocenters. The van der Waals surface area contributed by atoms with Gasteiger partial charge in [-0.05, 0) is 60.2 Å². The summed E-state index contributed by atoms with van der Waals surface area (Å²) in [6, 6.07) is 15.1. The van der Waals surface area contributed by atoms with Gasteiger partial charge in [-0.25, -0.2) is 18.4 Å². The summed E-state index contributed by atoms with van der Waals surface area (Å²) in [5.41, 5.74) is 1.67. The molecule has 0 atom stereocenters. The number of sulfonamides is 1. The molecule has 3 aromatic carbocycles. The second-order valence-corrected chi connectivity index (χ2v) is 9.33. The van der Waals surface area contributed by atoms with Gasteiger partial charge in [-0.1, -0.05) is 36.4 Å². The molecule has 0 saturated heterocycles. The van der Waals surface area contributed by atoms with Gasteiger partial charge < -0.3 is 10.6 Å². The Labute approximate surface area is 188 Å². The Kier molecular flexibility index (Phi) is 5.89. The molecule has 0 aliphatic heterocycles. The van der Waals surface area contributed by atoms with Crippen LogP contribution in [0.2, 0.25) is 0 Å². The first-order valence-electron chi connectivity index (χ1n) is 10.0.